The summed E-state index contributed by atoms with van der Waals surface area (Å²) in [6.07, 6.45) is 1.64. The van der Waals surface area contributed by atoms with Gasteiger partial charge in [0, 0.05) is 37.7 Å². The Morgan fingerprint density at radius 2 is 1.84 bits per heavy atom. The normalized spacial score (nSPS) is 15.8. The standard InChI is InChI=1S/C23H28N4O3S/c1-16(2)26(3)31(29,30)19-8-6-7-18(15-19)23(28)27-13-11-17(12-14-27)22-24-20-9-4-5-10-21(20)25-22/h4-10,15-17H,11-14H2,1-3H3,(H,24,25). The molecule has 31 heavy (non-hydrogen) atoms. The molecule has 0 spiro atoms. The van der Waals surface area contributed by atoms with Crippen LogP contribution in [0.15, 0.2) is 53.4 Å². The van der Waals surface area contributed by atoms with Gasteiger partial charge in [-0.05, 0) is 57.0 Å². The van der Waals surface area contributed by atoms with Gasteiger partial charge in [0.25, 0.3) is 5.91 Å². The number of fused-ring (bicyclic) bond motifs is 1. The maximum atomic E-state index is 13.1. The van der Waals surface area contributed by atoms with Crippen molar-refractivity contribution in [3.8, 4) is 0 Å². The molecule has 0 saturated carbocycles. The lowest BCUT2D eigenvalue weighted by Gasteiger charge is -2.31. The van der Waals surface area contributed by atoms with E-state index < -0.39 is 10.0 Å². The van der Waals surface area contributed by atoms with Gasteiger partial charge in [0.1, 0.15) is 5.82 Å². The van der Waals surface area contributed by atoms with Gasteiger partial charge in [-0.25, -0.2) is 13.4 Å². The molecule has 0 atom stereocenters. The molecule has 0 unspecified atom stereocenters. The molecule has 0 bridgehead atoms. The number of H-pyrrole nitrogens is 1. The van der Waals surface area contributed by atoms with E-state index >= 15 is 0 Å². The van der Waals surface area contributed by atoms with Crippen molar-refractivity contribution in [1.29, 1.82) is 0 Å². The zero-order valence-electron chi connectivity index (χ0n) is 18.1. The topological polar surface area (TPSA) is 86.4 Å². The summed E-state index contributed by atoms with van der Waals surface area (Å²) in [5.74, 6) is 1.12. The van der Waals surface area contributed by atoms with Gasteiger partial charge >= 0.3 is 0 Å². The fourth-order valence-electron chi connectivity index (χ4n) is 3.94. The SMILES string of the molecule is CC(C)N(C)S(=O)(=O)c1cccc(C(=O)N2CCC(c3nc4ccccc4[nH]3)CC2)c1. The van der Waals surface area contributed by atoms with Crippen molar-refractivity contribution in [2.75, 3.05) is 20.1 Å². The van der Waals surface area contributed by atoms with Crippen LogP contribution in [-0.2, 0) is 10.0 Å². The average molecular weight is 441 g/mol. The quantitative estimate of drug-likeness (QED) is 0.657. The molecule has 1 amide bonds. The van der Waals surface area contributed by atoms with Crippen LogP contribution in [-0.4, -0.2) is 59.7 Å². The lowest BCUT2D eigenvalue weighted by Crippen LogP contribution is -2.38. The Morgan fingerprint density at radius 1 is 1.13 bits per heavy atom. The molecule has 0 aliphatic carbocycles. The number of sulfonamides is 1. The molecular weight excluding hydrogens is 412 g/mol. The van der Waals surface area contributed by atoms with E-state index in [1.807, 2.05) is 38.1 Å². The summed E-state index contributed by atoms with van der Waals surface area (Å²) in [6, 6.07) is 14.1. The van der Waals surface area contributed by atoms with Crippen LogP contribution in [0, 0.1) is 0 Å². The van der Waals surface area contributed by atoms with Crippen molar-refractivity contribution in [3.63, 3.8) is 0 Å². The largest absolute Gasteiger partial charge is 0.342 e. The van der Waals surface area contributed by atoms with E-state index in [1.165, 1.54) is 10.4 Å². The van der Waals surface area contributed by atoms with Crippen LogP contribution >= 0.6 is 0 Å². The van der Waals surface area contributed by atoms with Crippen molar-refractivity contribution in [2.45, 2.75) is 43.5 Å². The summed E-state index contributed by atoms with van der Waals surface area (Å²) in [5, 5.41) is 0. The van der Waals surface area contributed by atoms with Gasteiger partial charge in [-0.2, -0.15) is 4.31 Å². The molecule has 2 heterocycles. The smallest absolute Gasteiger partial charge is 0.253 e. The first kappa shape index (κ1) is 21.5. The molecule has 164 valence electrons. The number of para-hydroxylation sites is 2. The van der Waals surface area contributed by atoms with Crippen molar-refractivity contribution < 1.29 is 13.2 Å². The summed E-state index contributed by atoms with van der Waals surface area (Å²) in [5.41, 5.74) is 2.39. The molecular formula is C23H28N4O3S. The number of carbonyl (C=O) groups excluding carboxylic acids is 1. The summed E-state index contributed by atoms with van der Waals surface area (Å²) >= 11 is 0. The minimum absolute atomic E-state index is 0.132. The predicted octanol–water partition coefficient (Wildman–Crippen LogP) is 3.61. The first-order chi connectivity index (χ1) is 14.8. The molecule has 1 aliphatic heterocycles. The molecule has 2 aromatic carbocycles. The van der Waals surface area contributed by atoms with Crippen molar-refractivity contribution in [2.24, 2.45) is 0 Å². The highest BCUT2D eigenvalue weighted by atomic mass is 32.2. The second kappa shape index (κ2) is 8.43. The third kappa shape index (κ3) is 4.22. The Hall–Kier alpha value is -2.71. The number of imidazole rings is 1. The monoisotopic (exact) mass is 440 g/mol. The van der Waals surface area contributed by atoms with Gasteiger partial charge in [0.2, 0.25) is 10.0 Å². The minimum atomic E-state index is -3.63. The van der Waals surface area contributed by atoms with Crippen LogP contribution in [0.1, 0.15) is 48.8 Å². The number of hydrogen-bond donors (Lipinski definition) is 1. The maximum Gasteiger partial charge on any atom is 0.253 e. The number of benzene rings is 2. The number of aromatic nitrogens is 2. The number of carbonyl (C=O) groups is 1. The van der Waals surface area contributed by atoms with Crippen LogP contribution < -0.4 is 0 Å². The van der Waals surface area contributed by atoms with E-state index in [1.54, 1.807) is 30.1 Å². The Bertz CT molecular complexity index is 1160. The lowest BCUT2D eigenvalue weighted by molar-refractivity contribution is 0.0711. The van der Waals surface area contributed by atoms with Crippen LogP contribution in [0.4, 0.5) is 0 Å². The molecule has 1 fully saturated rings. The second-order valence-corrected chi connectivity index (χ2v) is 10.3. The van der Waals surface area contributed by atoms with E-state index in [0.717, 1.165) is 29.7 Å². The molecule has 1 aromatic heterocycles. The lowest BCUT2D eigenvalue weighted by atomic mass is 9.95. The number of nitrogens with zero attached hydrogens (tertiary/aromatic N) is 3. The molecule has 0 radical (unpaired) electrons. The molecule has 4 rings (SSSR count). The van der Waals surface area contributed by atoms with Gasteiger partial charge in [-0.15, -0.1) is 0 Å². The molecule has 7 nitrogen and oxygen atoms in total. The van der Waals surface area contributed by atoms with Gasteiger partial charge < -0.3 is 9.88 Å². The molecule has 1 saturated heterocycles. The number of aromatic amines is 1. The highest BCUT2D eigenvalue weighted by molar-refractivity contribution is 7.89. The summed E-state index contributed by atoms with van der Waals surface area (Å²) in [4.78, 5) is 23.1. The molecule has 1 aliphatic rings. The Kier molecular flexibility index (Phi) is 5.85. The van der Waals surface area contributed by atoms with E-state index in [-0.39, 0.29) is 22.8 Å². The molecule has 1 N–H and O–H groups in total. The van der Waals surface area contributed by atoms with Crippen molar-refractivity contribution in [1.82, 2.24) is 19.2 Å². The fraction of sp³-hybridized carbons (Fsp3) is 0.391. The third-order valence-corrected chi connectivity index (χ3v) is 8.09. The third-order valence-electron chi connectivity index (χ3n) is 6.06. The van der Waals surface area contributed by atoms with E-state index in [0.29, 0.717) is 18.7 Å². The molecule has 8 heteroatoms. The number of rotatable bonds is 5. The number of likely N-dealkylation sites (tertiary alicyclic amines) is 1. The maximum absolute atomic E-state index is 13.1. The number of piperidine rings is 1. The van der Waals surface area contributed by atoms with Gasteiger partial charge in [-0.1, -0.05) is 18.2 Å². The Balaban J connectivity index is 1.46. The number of amides is 1. The van der Waals surface area contributed by atoms with Crippen molar-refractivity contribution in [3.05, 3.63) is 59.9 Å². The van der Waals surface area contributed by atoms with Gasteiger partial charge in [0.05, 0.1) is 15.9 Å². The summed E-state index contributed by atoms with van der Waals surface area (Å²) < 4.78 is 26.9. The predicted molar refractivity (Wildman–Crippen MR) is 120 cm³/mol. The first-order valence-electron chi connectivity index (χ1n) is 10.6. The summed E-state index contributed by atoms with van der Waals surface area (Å²) in [7, 11) is -2.08. The van der Waals surface area contributed by atoms with Gasteiger partial charge in [0.15, 0.2) is 0 Å². The summed E-state index contributed by atoms with van der Waals surface area (Å²) in [6.45, 7) is 4.87. The zero-order chi connectivity index (χ0) is 22.2. The first-order valence-corrected chi connectivity index (χ1v) is 12.0. The number of nitrogens with one attached hydrogen (secondary N) is 1. The van der Waals surface area contributed by atoms with Gasteiger partial charge in [-0.3, -0.25) is 4.79 Å². The minimum Gasteiger partial charge on any atom is -0.342 e. The van der Waals surface area contributed by atoms with E-state index in [2.05, 4.69) is 4.98 Å². The average Bonchev–Trinajstić information content (AvgIpc) is 3.22. The van der Waals surface area contributed by atoms with E-state index in [9.17, 15) is 13.2 Å². The van der Waals surface area contributed by atoms with Crippen LogP contribution in [0.3, 0.4) is 0 Å². The Morgan fingerprint density at radius 3 is 2.52 bits per heavy atom. The Labute approximate surface area is 183 Å². The highest BCUT2D eigenvalue weighted by Crippen LogP contribution is 2.28. The highest BCUT2D eigenvalue weighted by Gasteiger charge is 2.28. The van der Waals surface area contributed by atoms with Crippen LogP contribution in [0.5, 0.6) is 0 Å². The molecule has 3 aromatic rings. The van der Waals surface area contributed by atoms with Crippen molar-refractivity contribution >= 4 is 27.0 Å². The number of hydrogen-bond acceptors (Lipinski definition) is 4. The van der Waals surface area contributed by atoms with Crippen LogP contribution in [0.2, 0.25) is 0 Å². The fourth-order valence-corrected chi connectivity index (χ4v) is 5.35. The zero-order valence-corrected chi connectivity index (χ0v) is 18.9. The van der Waals surface area contributed by atoms with Crippen LogP contribution in [0.25, 0.3) is 11.0 Å². The van der Waals surface area contributed by atoms with E-state index in [4.69, 9.17) is 4.98 Å². The second-order valence-electron chi connectivity index (χ2n) is 8.35.